The smallest absolute Gasteiger partial charge is 0.247 e. The van der Waals surface area contributed by atoms with Gasteiger partial charge in [-0.15, -0.1) is 5.10 Å². The van der Waals surface area contributed by atoms with E-state index in [-0.39, 0.29) is 24.9 Å². The maximum Gasteiger partial charge on any atom is 0.247 e. The summed E-state index contributed by atoms with van der Waals surface area (Å²) in [6.07, 6.45) is 3.18. The number of carbonyl (C=O) groups is 2. The van der Waals surface area contributed by atoms with E-state index < -0.39 is 6.04 Å². The Morgan fingerprint density at radius 1 is 1.11 bits per heavy atom. The number of carbonyl (C=O) groups excluding carboxylic acids is 2. The Kier molecular flexibility index (Phi) is 7.77. The highest BCUT2D eigenvalue weighted by molar-refractivity contribution is 5.89. The van der Waals surface area contributed by atoms with Gasteiger partial charge in [-0.2, -0.15) is 0 Å². The quantitative estimate of drug-likeness (QED) is 0.355. The van der Waals surface area contributed by atoms with Crippen LogP contribution in [0, 0.1) is 0 Å². The minimum absolute atomic E-state index is 0.0255. The third-order valence-electron chi connectivity index (χ3n) is 5.79. The lowest BCUT2D eigenvalue weighted by Gasteiger charge is -2.31. The summed E-state index contributed by atoms with van der Waals surface area (Å²) in [7, 11) is 1.59. The van der Waals surface area contributed by atoms with Gasteiger partial charge in [-0.3, -0.25) is 9.59 Å². The summed E-state index contributed by atoms with van der Waals surface area (Å²) in [5.41, 5.74) is 2.17. The molecule has 1 atom stereocenters. The largest absolute Gasteiger partial charge is 0.497 e. The van der Waals surface area contributed by atoms with Crippen LogP contribution in [0.1, 0.15) is 37.1 Å². The molecule has 0 unspecified atom stereocenters. The van der Waals surface area contributed by atoms with Crippen molar-refractivity contribution in [3.63, 3.8) is 0 Å². The zero-order valence-corrected chi connectivity index (χ0v) is 19.9. The highest BCUT2D eigenvalue weighted by Crippen LogP contribution is 2.25. The van der Waals surface area contributed by atoms with E-state index in [1.807, 2.05) is 43.3 Å². The molecule has 0 saturated carbocycles. The number of nitrogens with zero attached hydrogens (tertiary/aromatic N) is 4. The Morgan fingerprint density at radius 2 is 1.91 bits per heavy atom. The van der Waals surface area contributed by atoms with Crippen LogP contribution in [-0.4, -0.2) is 45.4 Å². The number of hydrogen-bond acceptors (Lipinski definition) is 6. The van der Waals surface area contributed by atoms with Gasteiger partial charge in [-0.05, 0) is 48.4 Å². The molecular weight excluding hydrogens is 446 g/mol. The van der Waals surface area contributed by atoms with Gasteiger partial charge in [-0.25, -0.2) is 4.68 Å². The van der Waals surface area contributed by atoms with Gasteiger partial charge in [-0.1, -0.05) is 42.8 Å². The Labute approximate surface area is 203 Å². The minimum Gasteiger partial charge on any atom is -0.497 e. The first-order valence-corrected chi connectivity index (χ1v) is 11.6. The van der Waals surface area contributed by atoms with Crippen molar-refractivity contribution < 1.29 is 18.7 Å². The molecule has 35 heavy (non-hydrogen) atoms. The third kappa shape index (κ3) is 5.68. The second-order valence-electron chi connectivity index (χ2n) is 8.15. The van der Waals surface area contributed by atoms with E-state index in [9.17, 15) is 9.59 Å². The topological polar surface area (TPSA) is 102 Å². The monoisotopic (exact) mass is 475 g/mol. The van der Waals surface area contributed by atoms with Crippen molar-refractivity contribution in [2.24, 2.45) is 0 Å². The number of nitrogens with one attached hydrogen (secondary N) is 1. The first-order chi connectivity index (χ1) is 17.1. The van der Waals surface area contributed by atoms with Crippen LogP contribution >= 0.6 is 0 Å². The van der Waals surface area contributed by atoms with Gasteiger partial charge in [0, 0.05) is 6.54 Å². The fourth-order valence-electron chi connectivity index (χ4n) is 3.92. The van der Waals surface area contributed by atoms with Gasteiger partial charge in [0.05, 0.1) is 25.4 Å². The Bertz CT molecular complexity index is 1250. The highest BCUT2D eigenvalue weighted by Gasteiger charge is 2.31. The number of benzene rings is 2. The predicted molar refractivity (Wildman–Crippen MR) is 130 cm³/mol. The molecule has 0 saturated heterocycles. The molecule has 4 rings (SSSR count). The molecule has 2 aromatic heterocycles. The number of rotatable bonds is 11. The number of fused-ring (bicyclic) bond motifs is 1. The second-order valence-corrected chi connectivity index (χ2v) is 8.15. The van der Waals surface area contributed by atoms with Crippen LogP contribution in [-0.2, 0) is 22.7 Å². The summed E-state index contributed by atoms with van der Waals surface area (Å²) in [5, 5.41) is 11.2. The standard InChI is InChI=1S/C26H29N5O4/c1-3-4-15-30(24(32)18-31-23-10-6-5-9-22(23)28-29-31)25(19-11-13-20(34-2)14-12-19)26(33)27-17-21-8-7-16-35-21/h5-14,16,25H,3-4,15,17-18H2,1-2H3,(H,27,33)/t25-/m0/s1. The number of furan rings is 1. The first kappa shape index (κ1) is 24.0. The molecular formula is C26H29N5O4. The molecule has 0 fully saturated rings. The van der Waals surface area contributed by atoms with Gasteiger partial charge < -0.3 is 19.4 Å². The molecule has 2 amide bonds. The highest BCUT2D eigenvalue weighted by atomic mass is 16.5. The average molecular weight is 476 g/mol. The van der Waals surface area contributed by atoms with E-state index in [0.717, 1.165) is 18.4 Å². The van der Waals surface area contributed by atoms with Gasteiger partial charge in [0.2, 0.25) is 11.8 Å². The van der Waals surface area contributed by atoms with Crippen molar-refractivity contribution in [2.45, 2.75) is 38.9 Å². The maximum absolute atomic E-state index is 13.6. The van der Waals surface area contributed by atoms with Crippen LogP contribution < -0.4 is 10.1 Å². The lowest BCUT2D eigenvalue weighted by atomic mass is 10.0. The SMILES string of the molecule is CCCCN(C(=O)Cn1nnc2ccccc21)[C@H](C(=O)NCc1ccco1)c1ccc(OC)cc1. The lowest BCUT2D eigenvalue weighted by molar-refractivity contribution is -0.141. The summed E-state index contributed by atoms with van der Waals surface area (Å²) in [4.78, 5) is 28.8. The van der Waals surface area contributed by atoms with Gasteiger partial charge in [0.25, 0.3) is 0 Å². The molecule has 4 aromatic rings. The van der Waals surface area contributed by atoms with Crippen LogP contribution in [0.2, 0.25) is 0 Å². The summed E-state index contributed by atoms with van der Waals surface area (Å²) >= 11 is 0. The lowest BCUT2D eigenvalue weighted by Crippen LogP contribution is -2.45. The molecule has 0 aliphatic rings. The van der Waals surface area contributed by atoms with Crippen LogP contribution in [0.4, 0.5) is 0 Å². The molecule has 1 N–H and O–H groups in total. The number of amides is 2. The normalized spacial score (nSPS) is 11.8. The number of methoxy groups -OCH3 is 1. The van der Waals surface area contributed by atoms with E-state index in [1.165, 1.54) is 0 Å². The summed E-state index contributed by atoms with van der Waals surface area (Å²) < 4.78 is 12.2. The molecule has 2 aromatic carbocycles. The van der Waals surface area contributed by atoms with Crippen LogP contribution in [0.5, 0.6) is 5.75 Å². The zero-order chi connectivity index (χ0) is 24.6. The van der Waals surface area contributed by atoms with E-state index in [2.05, 4.69) is 15.6 Å². The van der Waals surface area contributed by atoms with Crippen molar-refractivity contribution in [2.75, 3.05) is 13.7 Å². The predicted octanol–water partition coefficient (Wildman–Crippen LogP) is 3.72. The minimum atomic E-state index is -0.829. The Balaban J connectivity index is 1.64. The van der Waals surface area contributed by atoms with Gasteiger partial charge in [0.15, 0.2) is 0 Å². The summed E-state index contributed by atoms with van der Waals surface area (Å²) in [6.45, 7) is 2.67. The van der Waals surface area contributed by atoms with Crippen molar-refractivity contribution in [1.82, 2.24) is 25.2 Å². The Hall–Kier alpha value is -4.14. The molecule has 9 heteroatoms. The fraction of sp³-hybridized carbons (Fsp3) is 0.308. The molecule has 0 bridgehead atoms. The molecule has 0 radical (unpaired) electrons. The number of ether oxygens (including phenoxy) is 1. The number of aromatic nitrogens is 3. The van der Waals surface area contributed by atoms with E-state index >= 15 is 0 Å². The molecule has 0 spiro atoms. The molecule has 9 nitrogen and oxygen atoms in total. The van der Waals surface area contributed by atoms with Crippen LogP contribution in [0.25, 0.3) is 11.0 Å². The third-order valence-corrected chi connectivity index (χ3v) is 5.79. The number of para-hydroxylation sites is 1. The van der Waals surface area contributed by atoms with E-state index in [0.29, 0.717) is 29.1 Å². The Morgan fingerprint density at radius 3 is 2.63 bits per heavy atom. The van der Waals surface area contributed by atoms with Gasteiger partial charge >= 0.3 is 0 Å². The van der Waals surface area contributed by atoms with Crippen LogP contribution in [0.3, 0.4) is 0 Å². The van der Waals surface area contributed by atoms with Gasteiger partial charge in [0.1, 0.15) is 29.6 Å². The molecule has 2 heterocycles. The molecule has 0 aliphatic heterocycles. The van der Waals surface area contributed by atoms with Crippen molar-refractivity contribution >= 4 is 22.8 Å². The first-order valence-electron chi connectivity index (χ1n) is 11.6. The molecule has 0 aliphatic carbocycles. The fourth-order valence-corrected chi connectivity index (χ4v) is 3.92. The van der Waals surface area contributed by atoms with Crippen molar-refractivity contribution in [3.05, 3.63) is 78.3 Å². The number of hydrogen-bond donors (Lipinski definition) is 1. The second kappa shape index (κ2) is 11.3. The van der Waals surface area contributed by atoms with Crippen LogP contribution in [0.15, 0.2) is 71.3 Å². The van der Waals surface area contributed by atoms with E-state index in [1.54, 1.807) is 47.2 Å². The maximum atomic E-state index is 13.6. The summed E-state index contributed by atoms with van der Waals surface area (Å²) in [5.74, 6) is 0.791. The zero-order valence-electron chi connectivity index (χ0n) is 19.9. The number of unbranched alkanes of at least 4 members (excludes halogenated alkanes) is 1. The average Bonchev–Trinajstić information content (AvgIpc) is 3.55. The van der Waals surface area contributed by atoms with E-state index in [4.69, 9.17) is 9.15 Å². The van der Waals surface area contributed by atoms with Crippen molar-refractivity contribution in [1.29, 1.82) is 0 Å². The molecule has 182 valence electrons. The summed E-state index contributed by atoms with van der Waals surface area (Å²) in [6, 6.07) is 17.4. The van der Waals surface area contributed by atoms with Crippen molar-refractivity contribution in [3.8, 4) is 5.75 Å².